The maximum absolute atomic E-state index is 10.2. The second-order valence-corrected chi connectivity index (χ2v) is 5.49. The Bertz CT molecular complexity index is 424. The minimum atomic E-state index is -0.741. The van der Waals surface area contributed by atoms with Crippen LogP contribution in [-0.4, -0.2) is 22.4 Å². The molecule has 0 amide bonds. The summed E-state index contributed by atoms with van der Waals surface area (Å²) in [5.74, 6) is 0.785. The van der Waals surface area contributed by atoms with Crippen molar-refractivity contribution in [3.05, 3.63) is 29.3 Å². The van der Waals surface area contributed by atoms with Gasteiger partial charge in [0.2, 0.25) is 0 Å². The van der Waals surface area contributed by atoms with Gasteiger partial charge in [-0.3, -0.25) is 0 Å². The standard InChI is InChI=1S/C16H24O3/c1-3-16(18,4-2)11-19-13-8-9-14-12(10-13)6-5-7-15(14)17/h8-10,15,17-18H,3-7,11H2,1-2H3. The van der Waals surface area contributed by atoms with E-state index in [9.17, 15) is 10.2 Å². The number of hydrogen-bond donors (Lipinski definition) is 2. The van der Waals surface area contributed by atoms with E-state index in [2.05, 4.69) is 0 Å². The molecule has 1 aromatic rings. The molecule has 2 N–H and O–H groups in total. The third-order valence-corrected chi connectivity index (χ3v) is 4.22. The molecule has 3 nitrogen and oxygen atoms in total. The van der Waals surface area contributed by atoms with Crippen LogP contribution in [-0.2, 0) is 6.42 Å². The molecule has 0 radical (unpaired) electrons. The van der Waals surface area contributed by atoms with Gasteiger partial charge >= 0.3 is 0 Å². The quantitative estimate of drug-likeness (QED) is 0.859. The van der Waals surface area contributed by atoms with Crippen LogP contribution in [0.2, 0.25) is 0 Å². The minimum absolute atomic E-state index is 0.321. The number of hydrogen-bond acceptors (Lipinski definition) is 3. The molecule has 2 rings (SSSR count). The fourth-order valence-electron chi connectivity index (χ4n) is 2.53. The Labute approximate surface area is 115 Å². The van der Waals surface area contributed by atoms with E-state index >= 15 is 0 Å². The molecule has 0 aliphatic heterocycles. The lowest BCUT2D eigenvalue weighted by molar-refractivity contribution is -0.0114. The fourth-order valence-corrected chi connectivity index (χ4v) is 2.53. The molecule has 19 heavy (non-hydrogen) atoms. The van der Waals surface area contributed by atoms with Gasteiger partial charge in [-0.25, -0.2) is 0 Å². The van der Waals surface area contributed by atoms with Gasteiger partial charge in [0.15, 0.2) is 0 Å². The van der Waals surface area contributed by atoms with Crippen LogP contribution in [0.4, 0.5) is 0 Å². The second-order valence-electron chi connectivity index (χ2n) is 5.49. The number of fused-ring (bicyclic) bond motifs is 1. The van der Waals surface area contributed by atoms with Crippen molar-refractivity contribution >= 4 is 0 Å². The predicted molar refractivity (Wildman–Crippen MR) is 75.4 cm³/mol. The zero-order valence-electron chi connectivity index (χ0n) is 11.9. The lowest BCUT2D eigenvalue weighted by atomic mass is 9.89. The van der Waals surface area contributed by atoms with E-state index in [1.165, 1.54) is 5.56 Å². The molecule has 0 spiro atoms. The van der Waals surface area contributed by atoms with Gasteiger partial charge in [0.1, 0.15) is 12.4 Å². The summed E-state index contributed by atoms with van der Waals surface area (Å²) in [7, 11) is 0. The lowest BCUT2D eigenvalue weighted by Gasteiger charge is -2.26. The molecule has 0 saturated carbocycles. The lowest BCUT2D eigenvalue weighted by Crippen LogP contribution is -2.34. The van der Waals surface area contributed by atoms with Crippen LogP contribution >= 0.6 is 0 Å². The first-order valence-electron chi connectivity index (χ1n) is 7.24. The summed E-state index contributed by atoms with van der Waals surface area (Å²) in [5.41, 5.74) is 1.46. The largest absolute Gasteiger partial charge is 0.491 e. The van der Waals surface area contributed by atoms with Crippen LogP contribution in [0.25, 0.3) is 0 Å². The van der Waals surface area contributed by atoms with E-state index in [0.29, 0.717) is 19.4 Å². The minimum Gasteiger partial charge on any atom is -0.491 e. The van der Waals surface area contributed by atoms with Gasteiger partial charge in [0.05, 0.1) is 11.7 Å². The Balaban J connectivity index is 2.06. The fraction of sp³-hybridized carbons (Fsp3) is 0.625. The van der Waals surface area contributed by atoms with Crippen LogP contribution in [0.1, 0.15) is 56.8 Å². The first-order valence-corrected chi connectivity index (χ1v) is 7.24. The molecule has 1 unspecified atom stereocenters. The van der Waals surface area contributed by atoms with Crippen LogP contribution in [0, 0.1) is 0 Å². The number of aryl methyl sites for hydroxylation is 1. The number of aliphatic hydroxyl groups excluding tert-OH is 1. The normalized spacial score (nSPS) is 19.1. The van der Waals surface area contributed by atoms with Crippen molar-refractivity contribution in [3.8, 4) is 5.75 Å². The monoisotopic (exact) mass is 264 g/mol. The van der Waals surface area contributed by atoms with Crippen LogP contribution in [0.15, 0.2) is 18.2 Å². The summed E-state index contributed by atoms with van der Waals surface area (Å²) in [4.78, 5) is 0. The summed E-state index contributed by atoms with van der Waals surface area (Å²) >= 11 is 0. The van der Waals surface area contributed by atoms with Gasteiger partial charge in [0.25, 0.3) is 0 Å². The number of ether oxygens (including phenoxy) is 1. The number of aliphatic hydroxyl groups is 2. The maximum atomic E-state index is 10.2. The average molecular weight is 264 g/mol. The average Bonchev–Trinajstić information content (AvgIpc) is 2.45. The summed E-state index contributed by atoms with van der Waals surface area (Å²) in [5, 5.41) is 20.1. The van der Waals surface area contributed by atoms with Crippen molar-refractivity contribution in [3.63, 3.8) is 0 Å². The smallest absolute Gasteiger partial charge is 0.119 e. The summed E-state index contributed by atoms with van der Waals surface area (Å²) in [6.45, 7) is 4.26. The third kappa shape index (κ3) is 3.28. The molecule has 1 aliphatic carbocycles. The highest BCUT2D eigenvalue weighted by molar-refractivity contribution is 5.38. The molecule has 0 bridgehead atoms. The van der Waals surface area contributed by atoms with Crippen molar-refractivity contribution < 1.29 is 14.9 Å². The molecule has 1 aromatic carbocycles. The first kappa shape index (κ1) is 14.4. The van der Waals surface area contributed by atoms with E-state index < -0.39 is 5.60 Å². The van der Waals surface area contributed by atoms with Crippen molar-refractivity contribution in [2.45, 2.75) is 57.7 Å². The van der Waals surface area contributed by atoms with Crippen molar-refractivity contribution in [1.29, 1.82) is 0 Å². The van der Waals surface area contributed by atoms with Gasteiger partial charge in [0, 0.05) is 0 Å². The highest BCUT2D eigenvalue weighted by Crippen LogP contribution is 2.32. The van der Waals surface area contributed by atoms with E-state index in [1.54, 1.807) is 0 Å². The zero-order chi connectivity index (χ0) is 13.9. The van der Waals surface area contributed by atoms with Gasteiger partial charge in [-0.15, -0.1) is 0 Å². The van der Waals surface area contributed by atoms with Gasteiger partial charge in [-0.1, -0.05) is 19.9 Å². The Morgan fingerprint density at radius 3 is 2.74 bits per heavy atom. The predicted octanol–water partition coefficient (Wildman–Crippen LogP) is 2.99. The molecule has 0 saturated heterocycles. The molecular formula is C16H24O3. The molecule has 0 fully saturated rings. The molecule has 0 heterocycles. The van der Waals surface area contributed by atoms with Crippen molar-refractivity contribution in [1.82, 2.24) is 0 Å². The second kappa shape index (κ2) is 5.93. The van der Waals surface area contributed by atoms with Crippen LogP contribution < -0.4 is 4.74 Å². The van der Waals surface area contributed by atoms with Gasteiger partial charge < -0.3 is 14.9 Å². The highest BCUT2D eigenvalue weighted by atomic mass is 16.5. The van der Waals surface area contributed by atoms with E-state index in [4.69, 9.17) is 4.74 Å². The highest BCUT2D eigenvalue weighted by Gasteiger charge is 2.24. The SMILES string of the molecule is CCC(O)(CC)COc1ccc2c(c1)CCCC2O. The molecule has 0 aromatic heterocycles. The zero-order valence-corrected chi connectivity index (χ0v) is 11.9. The summed E-state index contributed by atoms with van der Waals surface area (Å²) in [6.07, 6.45) is 3.90. The number of benzene rings is 1. The topological polar surface area (TPSA) is 49.7 Å². The Kier molecular flexibility index (Phi) is 4.48. The summed E-state index contributed by atoms with van der Waals surface area (Å²) in [6, 6.07) is 5.84. The Hall–Kier alpha value is -1.06. The first-order chi connectivity index (χ1) is 9.08. The van der Waals surface area contributed by atoms with E-state index in [0.717, 1.165) is 30.6 Å². The molecular weight excluding hydrogens is 240 g/mol. The molecule has 106 valence electrons. The van der Waals surface area contributed by atoms with Crippen molar-refractivity contribution in [2.24, 2.45) is 0 Å². The number of rotatable bonds is 5. The van der Waals surface area contributed by atoms with Crippen LogP contribution in [0.3, 0.4) is 0 Å². The Morgan fingerprint density at radius 1 is 1.32 bits per heavy atom. The third-order valence-electron chi connectivity index (χ3n) is 4.22. The van der Waals surface area contributed by atoms with Crippen LogP contribution in [0.5, 0.6) is 5.75 Å². The van der Waals surface area contributed by atoms with Gasteiger partial charge in [-0.05, 0) is 55.4 Å². The van der Waals surface area contributed by atoms with Gasteiger partial charge in [-0.2, -0.15) is 0 Å². The van der Waals surface area contributed by atoms with E-state index in [1.807, 2.05) is 32.0 Å². The Morgan fingerprint density at radius 2 is 2.05 bits per heavy atom. The maximum Gasteiger partial charge on any atom is 0.119 e. The van der Waals surface area contributed by atoms with E-state index in [-0.39, 0.29) is 6.10 Å². The molecule has 1 atom stereocenters. The molecule has 1 aliphatic rings. The van der Waals surface area contributed by atoms with Crippen molar-refractivity contribution in [2.75, 3.05) is 6.61 Å². The summed E-state index contributed by atoms with van der Waals surface area (Å²) < 4.78 is 5.72. The molecule has 3 heteroatoms.